The van der Waals surface area contributed by atoms with Crippen molar-refractivity contribution < 1.29 is 19.1 Å². The van der Waals surface area contributed by atoms with Crippen molar-refractivity contribution in [3.05, 3.63) is 22.4 Å². The summed E-state index contributed by atoms with van der Waals surface area (Å²) in [4.78, 5) is 45.6. The second kappa shape index (κ2) is 9.45. The number of amides is 3. The minimum atomic E-state index is -0.528. The van der Waals surface area contributed by atoms with E-state index in [4.69, 9.17) is 4.74 Å². The first-order chi connectivity index (χ1) is 14.6. The van der Waals surface area contributed by atoms with E-state index in [0.717, 1.165) is 25.9 Å². The molecule has 9 heteroatoms. The second-order valence-corrected chi connectivity index (χ2v) is 9.16. The lowest BCUT2D eigenvalue weighted by Gasteiger charge is -2.32. The fraction of sp³-hybridized carbons (Fsp3) is 0.667. The first kappa shape index (κ1) is 21.3. The molecule has 0 bridgehead atoms. The highest BCUT2D eigenvalue weighted by molar-refractivity contribution is 7.12. The quantitative estimate of drug-likeness (QED) is 0.681. The summed E-state index contributed by atoms with van der Waals surface area (Å²) < 4.78 is 5.23. The van der Waals surface area contributed by atoms with E-state index in [9.17, 15) is 14.4 Å². The van der Waals surface area contributed by atoms with Crippen molar-refractivity contribution in [1.29, 1.82) is 0 Å². The number of thiophene rings is 1. The summed E-state index contributed by atoms with van der Waals surface area (Å²) in [6.45, 7) is 4.16. The molecule has 0 aromatic carbocycles. The summed E-state index contributed by atoms with van der Waals surface area (Å²) in [6, 6.07) is 2.96. The van der Waals surface area contributed by atoms with Crippen LogP contribution in [0.3, 0.4) is 0 Å². The minimum Gasteiger partial charge on any atom is -0.383 e. The van der Waals surface area contributed by atoms with Gasteiger partial charge in [0.1, 0.15) is 6.04 Å². The number of piperazine rings is 1. The number of nitrogens with one attached hydrogen (secondary N) is 1. The molecule has 1 aromatic heterocycles. The van der Waals surface area contributed by atoms with Crippen LogP contribution in [0.5, 0.6) is 0 Å². The van der Waals surface area contributed by atoms with Crippen LogP contribution in [-0.4, -0.2) is 97.5 Å². The molecule has 1 saturated carbocycles. The van der Waals surface area contributed by atoms with Gasteiger partial charge in [0.2, 0.25) is 11.8 Å². The van der Waals surface area contributed by atoms with E-state index < -0.39 is 6.04 Å². The van der Waals surface area contributed by atoms with E-state index in [1.807, 2.05) is 21.2 Å². The summed E-state index contributed by atoms with van der Waals surface area (Å²) >= 11 is 1.39. The molecule has 3 fully saturated rings. The van der Waals surface area contributed by atoms with Crippen molar-refractivity contribution in [3.63, 3.8) is 0 Å². The Bertz CT molecular complexity index is 761. The smallest absolute Gasteiger partial charge is 0.264 e. The fourth-order valence-corrected chi connectivity index (χ4v) is 5.04. The first-order valence-electron chi connectivity index (χ1n) is 10.7. The monoisotopic (exact) mass is 434 g/mol. The molecule has 3 aliphatic rings. The van der Waals surface area contributed by atoms with Crippen molar-refractivity contribution in [2.45, 2.75) is 31.3 Å². The lowest BCUT2D eigenvalue weighted by molar-refractivity contribution is -0.137. The Labute approximate surface area is 181 Å². The van der Waals surface area contributed by atoms with E-state index in [1.54, 1.807) is 18.1 Å². The number of nitrogens with zero attached hydrogens (tertiary/aromatic N) is 3. The minimum absolute atomic E-state index is 0.00512. The average Bonchev–Trinajstić information content (AvgIpc) is 3.30. The molecule has 0 spiro atoms. The predicted molar refractivity (Wildman–Crippen MR) is 113 cm³/mol. The molecule has 3 amide bonds. The molecular weight excluding hydrogens is 404 g/mol. The van der Waals surface area contributed by atoms with E-state index in [-0.39, 0.29) is 29.7 Å². The number of hydrogen-bond donors (Lipinski definition) is 1. The number of methoxy groups -OCH3 is 1. The Morgan fingerprint density at radius 2 is 2.03 bits per heavy atom. The highest BCUT2D eigenvalue weighted by Crippen LogP contribution is 2.34. The molecular formula is C21H30N4O4S. The van der Waals surface area contributed by atoms with Crippen LogP contribution >= 0.6 is 11.3 Å². The third-order valence-corrected chi connectivity index (χ3v) is 7.03. The van der Waals surface area contributed by atoms with Gasteiger partial charge in [0.15, 0.2) is 0 Å². The third kappa shape index (κ3) is 4.53. The van der Waals surface area contributed by atoms with Crippen molar-refractivity contribution in [3.8, 4) is 0 Å². The molecule has 1 N–H and O–H groups in total. The van der Waals surface area contributed by atoms with Gasteiger partial charge in [-0.2, -0.15) is 0 Å². The van der Waals surface area contributed by atoms with Crippen LogP contribution in [0.15, 0.2) is 17.5 Å². The number of ether oxygens (including phenoxy) is 1. The van der Waals surface area contributed by atoms with Crippen LogP contribution in [-0.2, 0) is 14.3 Å². The molecule has 2 saturated heterocycles. The maximum absolute atomic E-state index is 13.4. The van der Waals surface area contributed by atoms with Crippen LogP contribution in [0, 0.1) is 5.92 Å². The summed E-state index contributed by atoms with van der Waals surface area (Å²) in [5.74, 6) is 0.100. The molecule has 8 nitrogen and oxygen atoms in total. The van der Waals surface area contributed by atoms with E-state index in [0.29, 0.717) is 44.1 Å². The Morgan fingerprint density at radius 1 is 1.27 bits per heavy atom. The molecule has 1 aromatic rings. The number of carbonyl (C=O) groups excluding carboxylic acids is 3. The van der Waals surface area contributed by atoms with Crippen LogP contribution < -0.4 is 5.32 Å². The SMILES string of the molecule is COCCN(C(=O)C1CC1)C1CC(C(=O)N2CCNCC2)N(C(=O)c2cccs2)C1. The van der Waals surface area contributed by atoms with Gasteiger partial charge in [-0.25, -0.2) is 0 Å². The lowest BCUT2D eigenvalue weighted by Crippen LogP contribution is -2.53. The standard InChI is InChI=1S/C21H30N4O4S/c1-29-11-10-24(19(26)15-4-5-15)16-13-17(20(27)23-8-6-22-7-9-23)25(14-16)21(28)18-3-2-12-30-18/h2-3,12,15-17,22H,4-11,13-14H2,1H3. The normalized spacial score (nSPS) is 24.2. The number of hydrogen-bond acceptors (Lipinski definition) is 6. The van der Waals surface area contributed by atoms with Gasteiger partial charge in [-0.3, -0.25) is 14.4 Å². The molecule has 2 atom stereocenters. The molecule has 2 aliphatic heterocycles. The molecule has 2 unspecified atom stereocenters. The van der Waals surface area contributed by atoms with Gasteiger partial charge in [-0.1, -0.05) is 6.07 Å². The van der Waals surface area contributed by atoms with Crippen molar-refractivity contribution in [2.24, 2.45) is 5.92 Å². The predicted octanol–water partition coefficient (Wildman–Crippen LogP) is 0.648. The summed E-state index contributed by atoms with van der Waals surface area (Å²) in [5, 5.41) is 5.13. The highest BCUT2D eigenvalue weighted by Gasteiger charge is 2.46. The molecule has 1 aliphatic carbocycles. The van der Waals surface area contributed by atoms with Gasteiger partial charge >= 0.3 is 0 Å². The topological polar surface area (TPSA) is 82.2 Å². The lowest BCUT2D eigenvalue weighted by atomic mass is 10.1. The largest absolute Gasteiger partial charge is 0.383 e. The highest BCUT2D eigenvalue weighted by atomic mass is 32.1. The van der Waals surface area contributed by atoms with E-state index in [2.05, 4.69) is 5.32 Å². The zero-order chi connectivity index (χ0) is 21.1. The van der Waals surface area contributed by atoms with Gasteiger partial charge in [0.05, 0.1) is 17.5 Å². The van der Waals surface area contributed by atoms with Crippen LogP contribution in [0.25, 0.3) is 0 Å². The Hall–Kier alpha value is -1.97. The summed E-state index contributed by atoms with van der Waals surface area (Å²) in [7, 11) is 1.62. The van der Waals surface area contributed by atoms with E-state index >= 15 is 0 Å². The molecule has 164 valence electrons. The van der Waals surface area contributed by atoms with Crippen LogP contribution in [0.2, 0.25) is 0 Å². The maximum Gasteiger partial charge on any atom is 0.264 e. The first-order valence-corrected chi connectivity index (χ1v) is 11.6. The number of likely N-dealkylation sites (tertiary alicyclic amines) is 1. The molecule has 30 heavy (non-hydrogen) atoms. The van der Waals surface area contributed by atoms with Gasteiger partial charge in [0.25, 0.3) is 5.91 Å². The molecule has 0 radical (unpaired) electrons. The van der Waals surface area contributed by atoms with Crippen molar-refractivity contribution in [2.75, 3.05) is 53.0 Å². The van der Waals surface area contributed by atoms with Gasteiger partial charge < -0.3 is 24.8 Å². The van der Waals surface area contributed by atoms with Gasteiger partial charge in [-0.05, 0) is 30.7 Å². The summed E-state index contributed by atoms with van der Waals surface area (Å²) in [6.07, 6.45) is 2.34. The number of rotatable bonds is 7. The second-order valence-electron chi connectivity index (χ2n) is 8.21. The fourth-order valence-electron chi connectivity index (χ4n) is 4.36. The number of carbonyl (C=O) groups is 3. The van der Waals surface area contributed by atoms with Crippen molar-refractivity contribution in [1.82, 2.24) is 20.0 Å². The van der Waals surface area contributed by atoms with Gasteiger partial charge in [0, 0.05) is 52.3 Å². The Balaban J connectivity index is 1.56. The van der Waals surface area contributed by atoms with Crippen molar-refractivity contribution >= 4 is 29.1 Å². The van der Waals surface area contributed by atoms with Gasteiger partial charge in [-0.15, -0.1) is 11.3 Å². The third-order valence-electron chi connectivity index (χ3n) is 6.17. The zero-order valence-electron chi connectivity index (χ0n) is 17.4. The van der Waals surface area contributed by atoms with Crippen LogP contribution in [0.1, 0.15) is 28.9 Å². The zero-order valence-corrected chi connectivity index (χ0v) is 18.2. The average molecular weight is 435 g/mol. The Morgan fingerprint density at radius 3 is 2.67 bits per heavy atom. The van der Waals surface area contributed by atoms with E-state index in [1.165, 1.54) is 11.3 Å². The summed E-state index contributed by atoms with van der Waals surface area (Å²) in [5.41, 5.74) is 0. The maximum atomic E-state index is 13.4. The van der Waals surface area contributed by atoms with Crippen LogP contribution in [0.4, 0.5) is 0 Å². The Kier molecular flexibility index (Phi) is 6.70. The molecule has 4 rings (SSSR count). The molecule has 3 heterocycles.